The van der Waals surface area contributed by atoms with Crippen LogP contribution in [0.5, 0.6) is 0 Å². The van der Waals surface area contributed by atoms with E-state index in [-0.39, 0.29) is 6.10 Å². The average Bonchev–Trinajstić information content (AvgIpc) is 2.71. The molecule has 1 aliphatic rings. The number of aryl methyl sites for hydroxylation is 1. The standard InChI is InChI=1S/C12H16N4O/c1-8-5-11(6-13)16-12(15-8)14-7-10-3-4-17-9(10)2/h5,9-10H,3-4,7H2,1-2H3,(H,14,15,16). The van der Waals surface area contributed by atoms with Gasteiger partial charge in [0, 0.05) is 24.8 Å². The maximum atomic E-state index is 8.82. The Bertz CT molecular complexity index is 441. The van der Waals surface area contributed by atoms with Crippen molar-refractivity contribution in [2.75, 3.05) is 18.5 Å². The van der Waals surface area contributed by atoms with Gasteiger partial charge in [-0.15, -0.1) is 0 Å². The van der Waals surface area contributed by atoms with Crippen LogP contribution in [0.4, 0.5) is 5.95 Å². The lowest BCUT2D eigenvalue weighted by atomic mass is 10.0. The molecule has 17 heavy (non-hydrogen) atoms. The van der Waals surface area contributed by atoms with Gasteiger partial charge in [0.25, 0.3) is 0 Å². The minimum Gasteiger partial charge on any atom is -0.378 e. The Morgan fingerprint density at radius 3 is 3.06 bits per heavy atom. The zero-order chi connectivity index (χ0) is 12.3. The second-order valence-electron chi connectivity index (χ2n) is 4.34. The van der Waals surface area contributed by atoms with Gasteiger partial charge in [-0.1, -0.05) is 0 Å². The fourth-order valence-corrected chi connectivity index (χ4v) is 1.97. The van der Waals surface area contributed by atoms with Crippen LogP contribution in [0.1, 0.15) is 24.7 Å². The molecule has 0 amide bonds. The highest BCUT2D eigenvalue weighted by atomic mass is 16.5. The van der Waals surface area contributed by atoms with Crippen LogP contribution >= 0.6 is 0 Å². The second-order valence-corrected chi connectivity index (χ2v) is 4.34. The summed E-state index contributed by atoms with van der Waals surface area (Å²) in [6, 6.07) is 3.70. The van der Waals surface area contributed by atoms with E-state index >= 15 is 0 Å². The molecule has 5 nitrogen and oxygen atoms in total. The molecule has 2 unspecified atom stereocenters. The zero-order valence-electron chi connectivity index (χ0n) is 10.1. The number of rotatable bonds is 3. The molecule has 1 aromatic rings. The first kappa shape index (κ1) is 11.8. The summed E-state index contributed by atoms with van der Waals surface area (Å²) >= 11 is 0. The molecular formula is C12H16N4O. The van der Waals surface area contributed by atoms with E-state index in [9.17, 15) is 0 Å². The van der Waals surface area contributed by atoms with E-state index in [1.807, 2.05) is 13.0 Å². The fourth-order valence-electron chi connectivity index (χ4n) is 1.97. The molecule has 0 bridgehead atoms. The van der Waals surface area contributed by atoms with E-state index in [1.54, 1.807) is 6.07 Å². The summed E-state index contributed by atoms with van der Waals surface area (Å²) in [5, 5.41) is 12.0. The molecule has 5 heteroatoms. The van der Waals surface area contributed by atoms with Gasteiger partial charge in [-0.25, -0.2) is 9.97 Å². The maximum absolute atomic E-state index is 8.82. The minimum absolute atomic E-state index is 0.280. The van der Waals surface area contributed by atoms with Crippen molar-refractivity contribution in [3.8, 4) is 6.07 Å². The zero-order valence-corrected chi connectivity index (χ0v) is 10.1. The number of nitriles is 1. The van der Waals surface area contributed by atoms with E-state index in [0.717, 1.165) is 25.3 Å². The molecule has 1 aromatic heterocycles. The predicted molar refractivity (Wildman–Crippen MR) is 63.5 cm³/mol. The first-order valence-corrected chi connectivity index (χ1v) is 5.80. The van der Waals surface area contributed by atoms with Crippen LogP contribution in [0, 0.1) is 24.2 Å². The molecular weight excluding hydrogens is 216 g/mol. The number of anilines is 1. The molecule has 0 aliphatic carbocycles. The summed E-state index contributed by atoms with van der Waals surface area (Å²) in [5.41, 5.74) is 1.20. The smallest absolute Gasteiger partial charge is 0.224 e. The van der Waals surface area contributed by atoms with Crippen molar-refractivity contribution in [3.05, 3.63) is 17.5 Å². The van der Waals surface area contributed by atoms with Crippen molar-refractivity contribution in [2.45, 2.75) is 26.4 Å². The number of nitrogens with zero attached hydrogens (tertiary/aromatic N) is 3. The number of aromatic nitrogens is 2. The summed E-state index contributed by atoms with van der Waals surface area (Å²) in [4.78, 5) is 8.37. The highest BCUT2D eigenvalue weighted by molar-refractivity contribution is 5.33. The Hall–Kier alpha value is -1.67. The molecule has 0 saturated carbocycles. The number of nitrogens with one attached hydrogen (secondary N) is 1. The number of hydrogen-bond acceptors (Lipinski definition) is 5. The van der Waals surface area contributed by atoms with E-state index in [0.29, 0.717) is 17.6 Å². The van der Waals surface area contributed by atoms with Crippen LogP contribution in [0.15, 0.2) is 6.07 Å². The Kier molecular flexibility index (Phi) is 3.55. The fraction of sp³-hybridized carbons (Fsp3) is 0.583. The third-order valence-electron chi connectivity index (χ3n) is 3.02. The monoisotopic (exact) mass is 232 g/mol. The van der Waals surface area contributed by atoms with Gasteiger partial charge >= 0.3 is 0 Å². The van der Waals surface area contributed by atoms with E-state index < -0.39 is 0 Å². The molecule has 2 atom stereocenters. The topological polar surface area (TPSA) is 70.8 Å². The number of ether oxygens (including phenoxy) is 1. The van der Waals surface area contributed by atoms with Crippen LogP contribution in [0.25, 0.3) is 0 Å². The Labute approximate surface area is 101 Å². The highest BCUT2D eigenvalue weighted by Gasteiger charge is 2.23. The lowest BCUT2D eigenvalue weighted by molar-refractivity contribution is 0.108. The van der Waals surface area contributed by atoms with Crippen molar-refractivity contribution in [3.63, 3.8) is 0 Å². The molecule has 0 radical (unpaired) electrons. The first-order chi connectivity index (χ1) is 8.19. The van der Waals surface area contributed by atoms with Crippen LogP contribution in [-0.4, -0.2) is 29.2 Å². The molecule has 1 saturated heterocycles. The van der Waals surface area contributed by atoms with Crippen molar-refractivity contribution < 1.29 is 4.74 Å². The molecule has 1 fully saturated rings. The third-order valence-corrected chi connectivity index (χ3v) is 3.02. The Morgan fingerprint density at radius 1 is 1.59 bits per heavy atom. The summed E-state index contributed by atoms with van der Waals surface area (Å²) in [6.07, 6.45) is 1.34. The van der Waals surface area contributed by atoms with Gasteiger partial charge in [0.2, 0.25) is 5.95 Å². The lowest BCUT2D eigenvalue weighted by Crippen LogP contribution is -2.21. The van der Waals surface area contributed by atoms with Gasteiger partial charge < -0.3 is 10.1 Å². The van der Waals surface area contributed by atoms with Crippen LogP contribution in [0.2, 0.25) is 0 Å². The van der Waals surface area contributed by atoms with Crippen LogP contribution in [-0.2, 0) is 4.74 Å². The van der Waals surface area contributed by atoms with Crippen molar-refractivity contribution in [1.29, 1.82) is 5.26 Å². The molecule has 90 valence electrons. The molecule has 0 aromatic carbocycles. The molecule has 1 aliphatic heterocycles. The summed E-state index contributed by atoms with van der Waals surface area (Å²) < 4.78 is 5.49. The summed E-state index contributed by atoms with van der Waals surface area (Å²) in [5.74, 6) is 1.02. The van der Waals surface area contributed by atoms with Gasteiger partial charge in [0.15, 0.2) is 0 Å². The predicted octanol–water partition coefficient (Wildman–Crippen LogP) is 1.49. The van der Waals surface area contributed by atoms with Crippen molar-refractivity contribution >= 4 is 5.95 Å². The van der Waals surface area contributed by atoms with Gasteiger partial charge in [0.05, 0.1) is 6.10 Å². The second kappa shape index (κ2) is 5.11. The first-order valence-electron chi connectivity index (χ1n) is 5.80. The van der Waals surface area contributed by atoms with E-state index in [1.165, 1.54) is 0 Å². The highest BCUT2D eigenvalue weighted by Crippen LogP contribution is 2.20. The van der Waals surface area contributed by atoms with Gasteiger partial charge in [-0.3, -0.25) is 0 Å². The van der Waals surface area contributed by atoms with Crippen molar-refractivity contribution in [2.24, 2.45) is 5.92 Å². The van der Waals surface area contributed by atoms with Gasteiger partial charge in [0.1, 0.15) is 11.8 Å². The minimum atomic E-state index is 0.280. The molecule has 2 heterocycles. The van der Waals surface area contributed by atoms with E-state index in [2.05, 4.69) is 22.2 Å². The largest absolute Gasteiger partial charge is 0.378 e. The molecule has 0 spiro atoms. The normalized spacial score (nSPS) is 23.4. The van der Waals surface area contributed by atoms with E-state index in [4.69, 9.17) is 10.00 Å². The quantitative estimate of drug-likeness (QED) is 0.855. The molecule has 2 rings (SSSR count). The maximum Gasteiger partial charge on any atom is 0.224 e. The average molecular weight is 232 g/mol. The SMILES string of the molecule is Cc1cc(C#N)nc(NCC2CCOC2C)n1. The third kappa shape index (κ3) is 2.92. The van der Waals surface area contributed by atoms with Gasteiger partial charge in [-0.05, 0) is 26.3 Å². The Balaban J connectivity index is 1.99. The molecule has 1 N–H and O–H groups in total. The lowest BCUT2D eigenvalue weighted by Gasteiger charge is -2.14. The summed E-state index contributed by atoms with van der Waals surface area (Å²) in [6.45, 7) is 5.55. The summed E-state index contributed by atoms with van der Waals surface area (Å²) in [7, 11) is 0. The number of hydrogen-bond donors (Lipinski definition) is 1. The Morgan fingerprint density at radius 2 is 2.41 bits per heavy atom. The van der Waals surface area contributed by atoms with Gasteiger partial charge in [-0.2, -0.15) is 5.26 Å². The van der Waals surface area contributed by atoms with Crippen molar-refractivity contribution in [1.82, 2.24) is 9.97 Å². The van der Waals surface area contributed by atoms with Crippen LogP contribution in [0.3, 0.4) is 0 Å². The van der Waals surface area contributed by atoms with Crippen LogP contribution < -0.4 is 5.32 Å².